The van der Waals surface area contributed by atoms with Crippen LogP contribution < -0.4 is 16.4 Å². The van der Waals surface area contributed by atoms with Crippen molar-refractivity contribution in [1.82, 2.24) is 15.6 Å². The van der Waals surface area contributed by atoms with Crippen molar-refractivity contribution in [2.45, 2.75) is 65.6 Å². The Morgan fingerprint density at radius 1 is 1.10 bits per heavy atom. The Morgan fingerprint density at radius 3 is 2.32 bits per heavy atom. The average molecular weight is 431 g/mol. The SMILES string of the molecule is CC(C)C[C@H](N)C(=O)N[C@H](C(=O)N[C@@H](Cc1c[nH]c2ccccc12)C(=O)O)C(C)(C)C. The van der Waals surface area contributed by atoms with E-state index in [1.807, 2.05) is 38.1 Å². The number of hydrogen-bond acceptors (Lipinski definition) is 4. The Balaban J connectivity index is 2.17. The second kappa shape index (κ2) is 9.96. The first-order valence-electron chi connectivity index (χ1n) is 10.5. The van der Waals surface area contributed by atoms with Gasteiger partial charge in [-0.3, -0.25) is 9.59 Å². The predicted octanol–water partition coefficient (Wildman–Crippen LogP) is 2.18. The van der Waals surface area contributed by atoms with Gasteiger partial charge in [0.1, 0.15) is 12.1 Å². The maximum absolute atomic E-state index is 13.0. The second-order valence-corrected chi connectivity index (χ2v) is 9.51. The number of carbonyl (C=O) groups is 3. The lowest BCUT2D eigenvalue weighted by Crippen LogP contribution is -2.59. The lowest BCUT2D eigenvalue weighted by atomic mass is 9.85. The minimum atomic E-state index is -1.14. The highest BCUT2D eigenvalue weighted by atomic mass is 16.4. The first-order chi connectivity index (χ1) is 14.4. The summed E-state index contributed by atoms with van der Waals surface area (Å²) < 4.78 is 0. The minimum absolute atomic E-state index is 0.114. The van der Waals surface area contributed by atoms with Crippen molar-refractivity contribution in [2.24, 2.45) is 17.1 Å². The Kier molecular flexibility index (Phi) is 7.84. The highest BCUT2D eigenvalue weighted by Crippen LogP contribution is 2.22. The molecule has 1 aromatic heterocycles. The normalized spacial score (nSPS) is 14.8. The fourth-order valence-electron chi connectivity index (χ4n) is 3.52. The van der Waals surface area contributed by atoms with E-state index in [1.54, 1.807) is 27.0 Å². The van der Waals surface area contributed by atoms with Gasteiger partial charge in [-0.2, -0.15) is 0 Å². The van der Waals surface area contributed by atoms with Gasteiger partial charge in [0.05, 0.1) is 6.04 Å². The zero-order valence-electron chi connectivity index (χ0n) is 18.9. The maximum Gasteiger partial charge on any atom is 0.326 e. The fourth-order valence-corrected chi connectivity index (χ4v) is 3.52. The second-order valence-electron chi connectivity index (χ2n) is 9.51. The van der Waals surface area contributed by atoms with Gasteiger partial charge in [0.2, 0.25) is 11.8 Å². The Bertz CT molecular complexity index is 929. The van der Waals surface area contributed by atoms with Crippen LogP contribution in [0.15, 0.2) is 30.5 Å². The molecule has 0 aliphatic heterocycles. The van der Waals surface area contributed by atoms with E-state index < -0.39 is 41.3 Å². The number of benzene rings is 1. The van der Waals surface area contributed by atoms with E-state index in [0.29, 0.717) is 6.42 Å². The smallest absolute Gasteiger partial charge is 0.326 e. The quantitative estimate of drug-likeness (QED) is 0.415. The number of carboxylic acid groups (broad SMARTS) is 1. The van der Waals surface area contributed by atoms with Crippen LogP contribution in [0.2, 0.25) is 0 Å². The Morgan fingerprint density at radius 2 is 1.74 bits per heavy atom. The summed E-state index contributed by atoms with van der Waals surface area (Å²) in [5, 5.41) is 15.9. The van der Waals surface area contributed by atoms with E-state index in [0.717, 1.165) is 16.5 Å². The van der Waals surface area contributed by atoms with Crippen molar-refractivity contribution >= 4 is 28.7 Å². The van der Waals surface area contributed by atoms with Gasteiger partial charge < -0.3 is 26.5 Å². The van der Waals surface area contributed by atoms with E-state index in [9.17, 15) is 19.5 Å². The van der Waals surface area contributed by atoms with Crippen molar-refractivity contribution in [1.29, 1.82) is 0 Å². The van der Waals surface area contributed by atoms with Crippen LogP contribution in [0.4, 0.5) is 0 Å². The molecule has 0 aliphatic carbocycles. The van der Waals surface area contributed by atoms with E-state index >= 15 is 0 Å². The number of H-pyrrole nitrogens is 1. The van der Waals surface area contributed by atoms with E-state index in [-0.39, 0.29) is 12.3 Å². The molecule has 1 aromatic carbocycles. The molecule has 0 aliphatic rings. The lowest BCUT2D eigenvalue weighted by molar-refractivity contribution is -0.142. The molecular formula is C23H34N4O4. The zero-order chi connectivity index (χ0) is 23.3. The summed E-state index contributed by atoms with van der Waals surface area (Å²) in [6, 6.07) is 4.76. The molecule has 0 saturated heterocycles. The number of para-hydroxylation sites is 1. The molecule has 8 heteroatoms. The Labute approximate surface area is 183 Å². The molecule has 31 heavy (non-hydrogen) atoms. The number of nitrogens with two attached hydrogens (primary N) is 1. The summed E-state index contributed by atoms with van der Waals surface area (Å²) in [6.07, 6.45) is 2.35. The monoisotopic (exact) mass is 430 g/mol. The molecular weight excluding hydrogens is 396 g/mol. The summed E-state index contributed by atoms with van der Waals surface area (Å²) in [6.45, 7) is 9.34. The van der Waals surface area contributed by atoms with Gasteiger partial charge in [0.25, 0.3) is 0 Å². The fraction of sp³-hybridized carbons (Fsp3) is 0.522. The lowest BCUT2D eigenvalue weighted by Gasteiger charge is -2.32. The number of nitrogens with one attached hydrogen (secondary N) is 3. The number of amides is 2. The summed E-state index contributed by atoms with van der Waals surface area (Å²) in [5.41, 5.74) is 7.01. The van der Waals surface area contributed by atoms with Gasteiger partial charge in [-0.25, -0.2) is 4.79 Å². The van der Waals surface area contributed by atoms with Crippen LogP contribution in [0, 0.1) is 11.3 Å². The number of aromatic nitrogens is 1. The standard InChI is InChI=1S/C23H34N4O4/c1-13(2)10-16(24)20(28)27-19(23(3,4)5)21(29)26-18(22(30)31)11-14-12-25-17-9-7-6-8-15(14)17/h6-9,12-13,16,18-19,25H,10-11,24H2,1-5H3,(H,26,29)(H,27,28)(H,30,31)/t16-,18-,19+/m0/s1. The average Bonchev–Trinajstić information content (AvgIpc) is 3.06. The van der Waals surface area contributed by atoms with E-state index in [2.05, 4.69) is 15.6 Å². The Hall–Kier alpha value is -2.87. The number of rotatable bonds is 9. The molecule has 0 radical (unpaired) electrons. The van der Waals surface area contributed by atoms with Gasteiger partial charge in [-0.05, 0) is 29.4 Å². The number of fused-ring (bicyclic) bond motifs is 1. The van der Waals surface area contributed by atoms with Crippen LogP contribution >= 0.6 is 0 Å². The highest BCUT2D eigenvalue weighted by Gasteiger charge is 2.36. The molecule has 0 unspecified atom stereocenters. The molecule has 0 spiro atoms. The summed E-state index contributed by atoms with van der Waals surface area (Å²) >= 11 is 0. The molecule has 8 nitrogen and oxygen atoms in total. The topological polar surface area (TPSA) is 137 Å². The number of hydrogen-bond donors (Lipinski definition) is 5. The summed E-state index contributed by atoms with van der Waals surface area (Å²) in [5.74, 6) is -1.89. The largest absolute Gasteiger partial charge is 0.480 e. The third kappa shape index (κ3) is 6.55. The molecule has 6 N–H and O–H groups in total. The molecule has 1 heterocycles. The van der Waals surface area contributed by atoms with Gasteiger partial charge in [-0.15, -0.1) is 0 Å². The minimum Gasteiger partial charge on any atom is -0.480 e. The zero-order valence-corrected chi connectivity index (χ0v) is 18.9. The number of carbonyl (C=O) groups excluding carboxylic acids is 2. The van der Waals surface area contributed by atoms with Crippen molar-refractivity contribution in [3.8, 4) is 0 Å². The van der Waals surface area contributed by atoms with Crippen LogP contribution in [0.5, 0.6) is 0 Å². The van der Waals surface area contributed by atoms with Crippen molar-refractivity contribution in [3.05, 3.63) is 36.0 Å². The van der Waals surface area contributed by atoms with Crippen LogP contribution in [-0.4, -0.2) is 46.0 Å². The van der Waals surface area contributed by atoms with Crippen LogP contribution in [0.3, 0.4) is 0 Å². The van der Waals surface area contributed by atoms with E-state index in [1.165, 1.54) is 0 Å². The molecule has 0 bridgehead atoms. The molecule has 2 amide bonds. The first kappa shape index (κ1) is 24.4. The van der Waals surface area contributed by atoms with Gasteiger partial charge >= 0.3 is 5.97 Å². The number of aromatic amines is 1. The molecule has 170 valence electrons. The third-order valence-corrected chi connectivity index (χ3v) is 5.19. The molecule has 3 atom stereocenters. The summed E-state index contributed by atoms with van der Waals surface area (Å²) in [4.78, 5) is 40.6. The van der Waals surface area contributed by atoms with Gasteiger partial charge in [0.15, 0.2) is 0 Å². The van der Waals surface area contributed by atoms with E-state index in [4.69, 9.17) is 5.73 Å². The third-order valence-electron chi connectivity index (χ3n) is 5.19. The van der Waals surface area contributed by atoms with Gasteiger partial charge in [0, 0.05) is 23.5 Å². The van der Waals surface area contributed by atoms with Crippen molar-refractivity contribution in [3.63, 3.8) is 0 Å². The van der Waals surface area contributed by atoms with Crippen LogP contribution in [-0.2, 0) is 20.8 Å². The number of carboxylic acids is 1. The van der Waals surface area contributed by atoms with Crippen molar-refractivity contribution < 1.29 is 19.5 Å². The van der Waals surface area contributed by atoms with Crippen LogP contribution in [0.25, 0.3) is 10.9 Å². The van der Waals surface area contributed by atoms with Crippen LogP contribution in [0.1, 0.15) is 46.6 Å². The molecule has 2 aromatic rings. The maximum atomic E-state index is 13.0. The molecule has 0 fully saturated rings. The highest BCUT2D eigenvalue weighted by molar-refractivity contribution is 5.92. The summed E-state index contributed by atoms with van der Waals surface area (Å²) in [7, 11) is 0. The molecule has 2 rings (SSSR count). The predicted molar refractivity (Wildman–Crippen MR) is 120 cm³/mol. The number of aliphatic carboxylic acids is 1. The molecule has 0 saturated carbocycles. The van der Waals surface area contributed by atoms with Crippen molar-refractivity contribution in [2.75, 3.05) is 0 Å². The van der Waals surface area contributed by atoms with Gasteiger partial charge in [-0.1, -0.05) is 52.8 Å². The first-order valence-corrected chi connectivity index (χ1v) is 10.5.